The van der Waals surface area contributed by atoms with E-state index in [2.05, 4.69) is 14.9 Å². The fourth-order valence-corrected chi connectivity index (χ4v) is 2.80. The van der Waals surface area contributed by atoms with Crippen molar-refractivity contribution in [1.29, 1.82) is 0 Å². The van der Waals surface area contributed by atoms with E-state index in [9.17, 15) is 4.79 Å². The van der Waals surface area contributed by atoms with Gasteiger partial charge in [-0.15, -0.1) is 10.2 Å². The summed E-state index contributed by atoms with van der Waals surface area (Å²) in [5.41, 5.74) is 0.948. The van der Waals surface area contributed by atoms with E-state index in [1.807, 2.05) is 33.0 Å². The zero-order valence-electron chi connectivity index (χ0n) is 13.4. The number of ether oxygens (including phenoxy) is 2. The maximum atomic E-state index is 11.2. The van der Waals surface area contributed by atoms with Crippen molar-refractivity contribution in [2.75, 3.05) is 12.9 Å². The Bertz CT molecular complexity index is 705. The highest BCUT2D eigenvalue weighted by atomic mass is 35.5. The van der Waals surface area contributed by atoms with Crippen molar-refractivity contribution in [1.82, 2.24) is 14.8 Å². The molecule has 0 saturated carbocycles. The lowest BCUT2D eigenvalue weighted by atomic mass is 10.2. The van der Waals surface area contributed by atoms with Crippen LogP contribution in [-0.4, -0.2) is 33.6 Å². The van der Waals surface area contributed by atoms with Gasteiger partial charge in [0.05, 0.1) is 12.9 Å². The van der Waals surface area contributed by atoms with Crippen LogP contribution in [0.3, 0.4) is 0 Å². The lowest BCUT2D eigenvalue weighted by Crippen LogP contribution is -2.10. The summed E-state index contributed by atoms with van der Waals surface area (Å²) in [6.07, 6.45) is -0.291. The summed E-state index contributed by atoms with van der Waals surface area (Å²) in [4.78, 5) is 11.2. The molecular formula is C15H18ClN3O3S. The molecule has 0 N–H and O–H groups in total. The molecule has 0 radical (unpaired) electrons. The van der Waals surface area contributed by atoms with E-state index in [4.69, 9.17) is 16.3 Å². The summed E-state index contributed by atoms with van der Waals surface area (Å²) in [5.74, 6) is 1.27. The Morgan fingerprint density at radius 3 is 2.83 bits per heavy atom. The first-order valence-corrected chi connectivity index (χ1v) is 8.30. The van der Waals surface area contributed by atoms with Crippen LogP contribution in [0, 0.1) is 6.92 Å². The molecule has 1 unspecified atom stereocenters. The van der Waals surface area contributed by atoms with Crippen molar-refractivity contribution in [3.63, 3.8) is 0 Å². The molecule has 1 heterocycles. The second-order valence-electron chi connectivity index (χ2n) is 4.94. The van der Waals surface area contributed by atoms with Gasteiger partial charge in [0.2, 0.25) is 0 Å². The van der Waals surface area contributed by atoms with Gasteiger partial charge in [0.1, 0.15) is 5.75 Å². The molecule has 0 bridgehead atoms. The highest BCUT2D eigenvalue weighted by Gasteiger charge is 2.18. The SMILES string of the molecule is COC(=O)CSc1nnc(C(C)Oc2ccc(Cl)c(C)c2)n1C. The second-order valence-corrected chi connectivity index (χ2v) is 6.29. The first-order chi connectivity index (χ1) is 10.9. The van der Waals surface area contributed by atoms with Gasteiger partial charge in [0.15, 0.2) is 17.1 Å². The molecule has 0 aliphatic rings. The van der Waals surface area contributed by atoms with Crippen molar-refractivity contribution < 1.29 is 14.3 Å². The molecular weight excluding hydrogens is 338 g/mol. The third-order valence-corrected chi connectivity index (χ3v) is 4.64. The van der Waals surface area contributed by atoms with Crippen LogP contribution in [0.1, 0.15) is 24.4 Å². The molecule has 0 aliphatic carbocycles. The topological polar surface area (TPSA) is 66.2 Å². The van der Waals surface area contributed by atoms with Crippen LogP contribution >= 0.6 is 23.4 Å². The van der Waals surface area contributed by atoms with Gasteiger partial charge in [-0.25, -0.2) is 0 Å². The molecule has 0 saturated heterocycles. The summed E-state index contributed by atoms with van der Waals surface area (Å²) >= 11 is 7.28. The third-order valence-electron chi connectivity index (χ3n) is 3.22. The number of esters is 1. The number of hydrogen-bond acceptors (Lipinski definition) is 6. The zero-order chi connectivity index (χ0) is 17.0. The maximum absolute atomic E-state index is 11.2. The van der Waals surface area contributed by atoms with Crippen molar-refractivity contribution >= 4 is 29.3 Å². The fourth-order valence-electron chi connectivity index (χ4n) is 1.94. The normalized spacial score (nSPS) is 12.0. The number of nitrogens with zero attached hydrogens (tertiary/aromatic N) is 3. The average Bonchev–Trinajstić information content (AvgIpc) is 2.89. The van der Waals surface area contributed by atoms with E-state index in [0.717, 1.165) is 5.56 Å². The Morgan fingerprint density at radius 2 is 2.17 bits per heavy atom. The van der Waals surface area contributed by atoms with Gasteiger partial charge in [-0.3, -0.25) is 4.79 Å². The van der Waals surface area contributed by atoms with Crippen molar-refractivity contribution in [3.05, 3.63) is 34.6 Å². The van der Waals surface area contributed by atoms with Gasteiger partial charge in [0.25, 0.3) is 0 Å². The molecule has 2 aromatic rings. The molecule has 0 spiro atoms. The number of halogens is 1. The lowest BCUT2D eigenvalue weighted by molar-refractivity contribution is -0.137. The van der Waals surface area contributed by atoms with Gasteiger partial charge in [-0.2, -0.15) is 0 Å². The van der Waals surface area contributed by atoms with Gasteiger partial charge < -0.3 is 14.0 Å². The summed E-state index contributed by atoms with van der Waals surface area (Å²) in [5, 5.41) is 9.56. The van der Waals surface area contributed by atoms with Gasteiger partial charge in [-0.05, 0) is 37.6 Å². The number of thioether (sulfide) groups is 1. The number of aromatic nitrogens is 3. The van der Waals surface area contributed by atoms with Crippen LogP contribution in [-0.2, 0) is 16.6 Å². The number of rotatable bonds is 6. The molecule has 1 atom stereocenters. The monoisotopic (exact) mass is 355 g/mol. The van der Waals surface area contributed by atoms with Crippen LogP contribution in [0.5, 0.6) is 5.75 Å². The molecule has 0 fully saturated rings. The van der Waals surface area contributed by atoms with Crippen LogP contribution in [0.4, 0.5) is 0 Å². The summed E-state index contributed by atoms with van der Waals surface area (Å²) < 4.78 is 12.3. The van der Waals surface area contributed by atoms with E-state index >= 15 is 0 Å². The van der Waals surface area contributed by atoms with Gasteiger partial charge >= 0.3 is 5.97 Å². The van der Waals surface area contributed by atoms with Gasteiger partial charge in [-0.1, -0.05) is 23.4 Å². The number of methoxy groups -OCH3 is 1. The molecule has 0 aliphatic heterocycles. The minimum absolute atomic E-state index is 0.189. The second kappa shape index (κ2) is 7.70. The molecule has 124 valence electrons. The van der Waals surface area contributed by atoms with Crippen LogP contribution < -0.4 is 4.74 Å². The summed E-state index contributed by atoms with van der Waals surface area (Å²) in [7, 11) is 3.19. The number of aryl methyl sites for hydroxylation is 1. The van der Waals surface area contributed by atoms with E-state index in [1.54, 1.807) is 10.6 Å². The average molecular weight is 356 g/mol. The zero-order valence-corrected chi connectivity index (χ0v) is 14.9. The largest absolute Gasteiger partial charge is 0.483 e. The summed E-state index contributed by atoms with van der Waals surface area (Å²) in [6, 6.07) is 5.49. The van der Waals surface area contributed by atoms with Crippen molar-refractivity contribution in [2.24, 2.45) is 7.05 Å². The standard InChI is InChI=1S/C15H18ClN3O3S/c1-9-7-11(5-6-12(9)16)22-10(2)14-17-18-15(19(14)3)23-8-13(20)21-4/h5-7,10H,8H2,1-4H3. The summed E-state index contributed by atoms with van der Waals surface area (Å²) in [6.45, 7) is 3.81. The van der Waals surface area contributed by atoms with E-state index in [0.29, 0.717) is 21.8 Å². The molecule has 1 aromatic carbocycles. The van der Waals surface area contributed by atoms with E-state index in [1.165, 1.54) is 18.9 Å². The highest BCUT2D eigenvalue weighted by Crippen LogP contribution is 2.26. The fraction of sp³-hybridized carbons (Fsp3) is 0.400. The predicted octanol–water partition coefficient (Wildman–Crippen LogP) is 3.18. The predicted molar refractivity (Wildman–Crippen MR) is 89.0 cm³/mol. The minimum Gasteiger partial charge on any atom is -0.483 e. The Labute approximate surface area is 144 Å². The molecule has 0 amide bonds. The number of carbonyl (C=O) groups excluding carboxylic acids is 1. The molecule has 8 heteroatoms. The number of hydrogen-bond donors (Lipinski definition) is 0. The Balaban J connectivity index is 2.07. The Morgan fingerprint density at radius 1 is 1.43 bits per heavy atom. The van der Waals surface area contributed by atoms with Crippen LogP contribution in [0.15, 0.2) is 23.4 Å². The lowest BCUT2D eigenvalue weighted by Gasteiger charge is -2.15. The Hall–Kier alpha value is -1.73. The first-order valence-electron chi connectivity index (χ1n) is 6.94. The smallest absolute Gasteiger partial charge is 0.316 e. The molecule has 2 rings (SSSR count). The van der Waals surface area contributed by atoms with Crippen molar-refractivity contribution in [3.8, 4) is 5.75 Å². The quantitative estimate of drug-likeness (QED) is 0.585. The van der Waals surface area contributed by atoms with Crippen LogP contribution in [0.25, 0.3) is 0 Å². The van der Waals surface area contributed by atoms with E-state index < -0.39 is 0 Å². The molecule has 23 heavy (non-hydrogen) atoms. The number of carbonyl (C=O) groups is 1. The van der Waals surface area contributed by atoms with Crippen LogP contribution in [0.2, 0.25) is 5.02 Å². The van der Waals surface area contributed by atoms with Crippen molar-refractivity contribution in [2.45, 2.75) is 25.1 Å². The minimum atomic E-state index is -0.305. The Kier molecular flexibility index (Phi) is 5.90. The highest BCUT2D eigenvalue weighted by molar-refractivity contribution is 7.99. The van der Waals surface area contributed by atoms with Gasteiger partial charge in [0, 0.05) is 12.1 Å². The van der Waals surface area contributed by atoms with E-state index in [-0.39, 0.29) is 17.8 Å². The first kappa shape index (κ1) is 17.6. The third kappa shape index (κ3) is 4.39. The number of benzene rings is 1. The maximum Gasteiger partial charge on any atom is 0.316 e. The molecule has 1 aromatic heterocycles. The molecule has 6 nitrogen and oxygen atoms in total.